The van der Waals surface area contributed by atoms with Crippen LogP contribution in [0, 0.1) is 5.92 Å². The molecule has 1 amide bonds. The molecule has 0 aromatic heterocycles. The van der Waals surface area contributed by atoms with Gasteiger partial charge in [0.25, 0.3) is 0 Å². The average molecular weight is 581 g/mol. The van der Waals surface area contributed by atoms with E-state index < -0.39 is 24.0 Å². The summed E-state index contributed by atoms with van der Waals surface area (Å²) in [6.07, 6.45) is 2.33. The van der Waals surface area contributed by atoms with Crippen LogP contribution in [0.1, 0.15) is 49.3 Å². The predicted octanol–water partition coefficient (Wildman–Crippen LogP) is 6.62. The number of rotatable bonds is 10. The Bertz CT molecular complexity index is 1620. The number of likely N-dealkylation sites (tertiary alicyclic amines) is 1. The van der Waals surface area contributed by atoms with Gasteiger partial charge in [-0.15, -0.1) is 0 Å². The largest absolute Gasteiger partial charge is 0.497 e. The summed E-state index contributed by atoms with van der Waals surface area (Å²) >= 11 is 0. The molecule has 0 saturated carbocycles. The van der Waals surface area contributed by atoms with Crippen LogP contribution in [0.3, 0.4) is 0 Å². The molecule has 0 bridgehead atoms. The number of carboxylic acid groups (broad SMARTS) is 1. The van der Waals surface area contributed by atoms with Crippen molar-refractivity contribution in [2.24, 2.45) is 5.92 Å². The summed E-state index contributed by atoms with van der Waals surface area (Å²) in [5, 5.41) is 15.9. The number of carbonyl (C=O) groups is 2. The molecule has 2 heterocycles. The van der Waals surface area contributed by atoms with Crippen LogP contribution < -0.4 is 19.5 Å². The monoisotopic (exact) mass is 580 g/mol. The number of unbranched alkanes of at least 4 members (excludes halogenated alkanes) is 1. The van der Waals surface area contributed by atoms with Gasteiger partial charge in [-0.1, -0.05) is 74.4 Å². The van der Waals surface area contributed by atoms with Crippen LogP contribution >= 0.6 is 0 Å². The Balaban J connectivity index is 1.42. The molecule has 2 aliphatic heterocycles. The fourth-order valence-electron chi connectivity index (χ4n) is 6.56. The van der Waals surface area contributed by atoms with Gasteiger partial charge in [0.05, 0.1) is 19.1 Å². The van der Waals surface area contributed by atoms with E-state index in [-0.39, 0.29) is 18.6 Å². The van der Waals surface area contributed by atoms with E-state index in [0.29, 0.717) is 30.2 Å². The normalized spacial score (nSPS) is 20.2. The molecule has 4 unspecified atom stereocenters. The van der Waals surface area contributed by atoms with Gasteiger partial charge in [-0.2, -0.15) is 0 Å². The van der Waals surface area contributed by atoms with E-state index in [9.17, 15) is 14.7 Å². The van der Waals surface area contributed by atoms with Crippen molar-refractivity contribution in [1.82, 2.24) is 4.90 Å². The fraction of sp³-hybridized carbons (Fsp3) is 0.314. The lowest BCUT2D eigenvalue weighted by Crippen LogP contribution is -2.45. The first-order valence-corrected chi connectivity index (χ1v) is 14.8. The van der Waals surface area contributed by atoms with Crippen LogP contribution in [-0.2, 0) is 9.59 Å². The quantitative estimate of drug-likeness (QED) is 0.218. The first-order valence-electron chi connectivity index (χ1n) is 14.8. The minimum Gasteiger partial charge on any atom is -0.497 e. The lowest BCUT2D eigenvalue weighted by molar-refractivity contribution is -0.143. The van der Waals surface area contributed by atoms with Crippen molar-refractivity contribution >= 4 is 28.3 Å². The maximum atomic E-state index is 14.2. The highest BCUT2D eigenvalue weighted by molar-refractivity contribution is 6.03. The number of carbonyl (C=O) groups excluding carboxylic acids is 1. The maximum Gasteiger partial charge on any atom is 0.309 e. The third-order valence-electron chi connectivity index (χ3n) is 8.69. The van der Waals surface area contributed by atoms with Gasteiger partial charge in [-0.25, -0.2) is 0 Å². The number of amides is 1. The molecular weight excluding hydrogens is 544 g/mol. The second kappa shape index (κ2) is 12.4. The Morgan fingerprint density at radius 1 is 0.977 bits per heavy atom. The van der Waals surface area contributed by atoms with Gasteiger partial charge in [0.1, 0.15) is 5.75 Å². The van der Waals surface area contributed by atoms with E-state index in [1.807, 2.05) is 84.9 Å². The predicted molar refractivity (Wildman–Crippen MR) is 165 cm³/mol. The lowest BCUT2D eigenvalue weighted by atomic mass is 9.82. The highest BCUT2D eigenvalue weighted by atomic mass is 16.7. The molecular formula is C35H36N2O6. The van der Waals surface area contributed by atoms with E-state index in [1.165, 1.54) is 0 Å². The molecule has 4 aromatic rings. The van der Waals surface area contributed by atoms with Crippen molar-refractivity contribution in [3.05, 3.63) is 96.1 Å². The molecule has 0 radical (unpaired) electrons. The topological polar surface area (TPSA) is 97.3 Å². The highest BCUT2D eigenvalue weighted by Crippen LogP contribution is 2.49. The van der Waals surface area contributed by atoms with E-state index in [4.69, 9.17) is 14.2 Å². The molecule has 1 saturated heterocycles. The Kier molecular flexibility index (Phi) is 8.20. The van der Waals surface area contributed by atoms with E-state index in [1.54, 1.807) is 7.11 Å². The van der Waals surface area contributed by atoms with Crippen molar-refractivity contribution < 1.29 is 28.9 Å². The van der Waals surface area contributed by atoms with Crippen LogP contribution in [0.2, 0.25) is 0 Å². The summed E-state index contributed by atoms with van der Waals surface area (Å²) < 4.78 is 16.5. The Morgan fingerprint density at radius 3 is 2.49 bits per heavy atom. The third-order valence-corrected chi connectivity index (χ3v) is 8.69. The first-order chi connectivity index (χ1) is 21.0. The molecule has 4 atom stereocenters. The number of hydrogen-bond acceptors (Lipinski definition) is 6. The van der Waals surface area contributed by atoms with E-state index in [0.717, 1.165) is 40.4 Å². The van der Waals surface area contributed by atoms with Crippen molar-refractivity contribution in [2.45, 2.75) is 44.2 Å². The number of fused-ring (bicyclic) bond motifs is 2. The SMILES string of the molecule is CCCCC(C(=O)Nc1cccc2ccccc12)N1CC(c2ccc3c(c2)OCO3)C(C(=O)O)C1c1ccc(OC)cc1. The number of nitrogens with zero attached hydrogens (tertiary/aromatic N) is 1. The van der Waals surface area contributed by atoms with Crippen LogP contribution in [0.5, 0.6) is 17.2 Å². The van der Waals surface area contributed by atoms with Gasteiger partial charge in [0.2, 0.25) is 12.7 Å². The summed E-state index contributed by atoms with van der Waals surface area (Å²) in [6, 6.07) is 25.9. The van der Waals surface area contributed by atoms with Gasteiger partial charge >= 0.3 is 5.97 Å². The zero-order valence-corrected chi connectivity index (χ0v) is 24.4. The minimum atomic E-state index is -0.908. The standard InChI is InChI=1S/C35H36N2O6/c1-3-4-12-29(34(38)36-28-11-7-9-22-8-5-6-10-26(22)28)37-20-27(24-15-18-30-31(19-24)43-21-42-30)32(35(39)40)33(37)23-13-16-25(41-2)17-14-23/h5-11,13-19,27,29,32-33H,3-4,12,20-21H2,1-2H3,(H,36,38)(H,39,40). The second-order valence-corrected chi connectivity index (χ2v) is 11.2. The fourth-order valence-corrected chi connectivity index (χ4v) is 6.56. The average Bonchev–Trinajstić information content (AvgIpc) is 3.66. The molecule has 8 nitrogen and oxygen atoms in total. The number of benzene rings is 4. The Morgan fingerprint density at radius 2 is 1.72 bits per heavy atom. The highest BCUT2D eigenvalue weighted by Gasteiger charge is 2.50. The minimum absolute atomic E-state index is 0.139. The van der Waals surface area contributed by atoms with Crippen molar-refractivity contribution in [2.75, 3.05) is 25.8 Å². The van der Waals surface area contributed by atoms with Gasteiger partial charge < -0.3 is 24.6 Å². The molecule has 1 fully saturated rings. The van der Waals surface area contributed by atoms with Gasteiger partial charge in [0.15, 0.2) is 11.5 Å². The zero-order valence-electron chi connectivity index (χ0n) is 24.4. The van der Waals surface area contributed by atoms with Gasteiger partial charge in [-0.05, 0) is 53.3 Å². The lowest BCUT2D eigenvalue weighted by Gasteiger charge is -2.34. The molecule has 2 N–H and O–H groups in total. The molecule has 6 rings (SSSR count). The molecule has 222 valence electrons. The molecule has 4 aromatic carbocycles. The number of carboxylic acids is 1. The molecule has 0 spiro atoms. The van der Waals surface area contributed by atoms with Crippen LogP contribution in [-0.4, -0.2) is 48.4 Å². The van der Waals surface area contributed by atoms with Gasteiger partial charge in [0, 0.05) is 29.6 Å². The van der Waals surface area contributed by atoms with Gasteiger partial charge in [-0.3, -0.25) is 14.5 Å². The summed E-state index contributed by atoms with van der Waals surface area (Å²) in [4.78, 5) is 29.5. The molecule has 0 aliphatic carbocycles. The molecule has 2 aliphatic rings. The summed E-state index contributed by atoms with van der Waals surface area (Å²) in [7, 11) is 1.60. The van der Waals surface area contributed by atoms with E-state index >= 15 is 0 Å². The Hall–Kier alpha value is -4.56. The summed E-state index contributed by atoms with van der Waals surface area (Å²) in [5.74, 6) is -0.293. The first kappa shape index (κ1) is 28.6. The van der Waals surface area contributed by atoms with E-state index in [2.05, 4.69) is 17.1 Å². The Labute approximate surface area is 251 Å². The summed E-state index contributed by atoms with van der Waals surface area (Å²) in [5.41, 5.74) is 2.42. The maximum absolute atomic E-state index is 14.2. The van der Waals surface area contributed by atoms with Crippen molar-refractivity contribution in [3.8, 4) is 17.2 Å². The molecule has 43 heavy (non-hydrogen) atoms. The van der Waals surface area contributed by atoms with Crippen LogP contribution in [0.25, 0.3) is 10.8 Å². The zero-order chi connectivity index (χ0) is 29.9. The second-order valence-electron chi connectivity index (χ2n) is 11.2. The van der Waals surface area contributed by atoms with Crippen molar-refractivity contribution in [1.29, 1.82) is 0 Å². The number of hydrogen-bond donors (Lipinski definition) is 2. The number of methoxy groups -OCH3 is 1. The number of aliphatic carboxylic acids is 1. The van der Waals surface area contributed by atoms with Crippen LogP contribution in [0.15, 0.2) is 84.9 Å². The van der Waals surface area contributed by atoms with Crippen molar-refractivity contribution in [3.63, 3.8) is 0 Å². The van der Waals surface area contributed by atoms with Crippen LogP contribution in [0.4, 0.5) is 5.69 Å². The number of ether oxygens (including phenoxy) is 3. The summed E-state index contributed by atoms with van der Waals surface area (Å²) in [6.45, 7) is 2.63. The number of nitrogens with one attached hydrogen (secondary N) is 1. The molecule has 8 heteroatoms. The number of anilines is 1. The third kappa shape index (κ3) is 5.62. The smallest absolute Gasteiger partial charge is 0.309 e.